The Kier molecular flexibility index (Phi) is 7.00. The molecule has 0 fully saturated rings. The summed E-state index contributed by atoms with van der Waals surface area (Å²) in [5.74, 6) is -1.08. The molecular formula is C26H22ClN3O5S2. The Bertz CT molecular complexity index is 1690. The Morgan fingerprint density at radius 1 is 1.03 bits per heavy atom. The molecule has 8 nitrogen and oxygen atoms in total. The lowest BCUT2D eigenvalue weighted by atomic mass is 10.0. The molecule has 0 saturated carbocycles. The van der Waals surface area contributed by atoms with E-state index in [1.54, 1.807) is 16.7 Å². The van der Waals surface area contributed by atoms with Crippen molar-refractivity contribution in [2.45, 2.75) is 24.4 Å². The number of sulfonamides is 1. The van der Waals surface area contributed by atoms with Gasteiger partial charge in [0, 0.05) is 18.7 Å². The lowest BCUT2D eigenvalue weighted by molar-refractivity contribution is -0.141. The summed E-state index contributed by atoms with van der Waals surface area (Å²) in [4.78, 5) is 29.6. The van der Waals surface area contributed by atoms with Crippen LogP contribution in [0.5, 0.6) is 0 Å². The van der Waals surface area contributed by atoms with E-state index < -0.39 is 21.9 Å². The van der Waals surface area contributed by atoms with E-state index >= 15 is 0 Å². The van der Waals surface area contributed by atoms with E-state index in [9.17, 15) is 18.0 Å². The van der Waals surface area contributed by atoms with Crippen LogP contribution >= 0.6 is 22.9 Å². The zero-order chi connectivity index (χ0) is 26.2. The maximum Gasteiger partial charge on any atom is 0.325 e. The van der Waals surface area contributed by atoms with Crippen molar-refractivity contribution in [1.29, 1.82) is 0 Å². The number of rotatable bonds is 5. The van der Waals surface area contributed by atoms with Crippen molar-refractivity contribution in [2.75, 3.05) is 13.7 Å². The minimum atomic E-state index is -3.73. The number of hydrogen-bond donors (Lipinski definition) is 0. The molecule has 1 aromatic heterocycles. The van der Waals surface area contributed by atoms with Gasteiger partial charge in [-0.2, -0.15) is 9.30 Å². The maximum atomic E-state index is 13.2. The van der Waals surface area contributed by atoms with Crippen molar-refractivity contribution in [3.63, 3.8) is 0 Å². The molecule has 1 aliphatic heterocycles. The van der Waals surface area contributed by atoms with E-state index in [0.29, 0.717) is 30.0 Å². The number of nitrogens with zero attached hydrogens (tertiary/aromatic N) is 3. The van der Waals surface area contributed by atoms with Gasteiger partial charge in [0.1, 0.15) is 6.54 Å². The molecule has 0 radical (unpaired) electrons. The van der Waals surface area contributed by atoms with Crippen molar-refractivity contribution < 1.29 is 22.7 Å². The molecule has 5 rings (SSSR count). The first-order valence-corrected chi connectivity index (χ1v) is 14.0. The van der Waals surface area contributed by atoms with Crippen LogP contribution in [0.25, 0.3) is 10.2 Å². The monoisotopic (exact) mass is 555 g/mol. The molecule has 0 atom stereocenters. The van der Waals surface area contributed by atoms with Crippen LogP contribution in [0, 0.1) is 0 Å². The molecule has 2 heterocycles. The van der Waals surface area contributed by atoms with Crippen molar-refractivity contribution in [3.8, 4) is 0 Å². The van der Waals surface area contributed by atoms with Gasteiger partial charge < -0.3 is 9.30 Å². The highest BCUT2D eigenvalue weighted by Gasteiger charge is 2.28. The molecule has 0 aliphatic carbocycles. The van der Waals surface area contributed by atoms with Crippen molar-refractivity contribution in [2.24, 2.45) is 4.99 Å². The number of para-hydroxylation sites is 1. The average Bonchev–Trinajstić information content (AvgIpc) is 3.25. The minimum Gasteiger partial charge on any atom is -0.468 e. The number of aromatic nitrogens is 1. The first-order valence-electron chi connectivity index (χ1n) is 11.4. The Morgan fingerprint density at radius 3 is 2.49 bits per heavy atom. The highest BCUT2D eigenvalue weighted by molar-refractivity contribution is 7.89. The van der Waals surface area contributed by atoms with Crippen LogP contribution in [0.1, 0.15) is 21.5 Å². The molecule has 0 spiro atoms. The molecular weight excluding hydrogens is 534 g/mol. The standard InChI is InChI=1S/C26H22ClN3O5S2/c1-35-23(31)16-30-24-21(27)7-4-8-22(24)36-26(30)28-25(32)18-9-11-20(12-10-18)37(33,34)29-14-13-17-5-2-3-6-19(17)15-29/h2-12H,13-16H2,1H3. The number of hydrogen-bond acceptors (Lipinski definition) is 6. The summed E-state index contributed by atoms with van der Waals surface area (Å²) in [6, 6.07) is 18.8. The van der Waals surface area contributed by atoms with E-state index in [1.165, 1.54) is 47.0 Å². The van der Waals surface area contributed by atoms with Crippen LogP contribution < -0.4 is 4.80 Å². The lowest BCUT2D eigenvalue weighted by Crippen LogP contribution is -2.35. The SMILES string of the molecule is COC(=O)Cn1c(=NC(=O)c2ccc(S(=O)(=O)N3CCc4ccccc4C3)cc2)sc2cccc(Cl)c21. The summed E-state index contributed by atoms with van der Waals surface area (Å²) in [7, 11) is -2.45. The second-order valence-electron chi connectivity index (χ2n) is 8.43. The predicted octanol–water partition coefficient (Wildman–Crippen LogP) is 4.02. The third-order valence-electron chi connectivity index (χ3n) is 6.20. The molecule has 11 heteroatoms. The van der Waals surface area contributed by atoms with Gasteiger partial charge in [-0.15, -0.1) is 0 Å². The van der Waals surface area contributed by atoms with Gasteiger partial charge in [0.15, 0.2) is 4.80 Å². The molecule has 1 aliphatic rings. The minimum absolute atomic E-state index is 0.109. The highest BCUT2D eigenvalue weighted by atomic mass is 35.5. The quantitative estimate of drug-likeness (QED) is 0.346. The number of thiazole rings is 1. The molecule has 37 heavy (non-hydrogen) atoms. The molecule has 1 amide bonds. The summed E-state index contributed by atoms with van der Waals surface area (Å²) in [6.07, 6.45) is 0.648. The molecule has 0 saturated heterocycles. The number of esters is 1. The van der Waals surface area contributed by atoms with Crippen LogP contribution in [0.4, 0.5) is 0 Å². The van der Waals surface area contributed by atoms with Crippen molar-refractivity contribution >= 4 is 55.1 Å². The molecule has 3 aromatic carbocycles. The van der Waals surface area contributed by atoms with Crippen molar-refractivity contribution in [3.05, 3.63) is 93.2 Å². The van der Waals surface area contributed by atoms with E-state index in [4.69, 9.17) is 16.3 Å². The first-order chi connectivity index (χ1) is 17.8. The van der Waals surface area contributed by atoms with E-state index in [2.05, 4.69) is 4.99 Å². The van der Waals surface area contributed by atoms with Gasteiger partial charge in [-0.05, 0) is 53.9 Å². The number of methoxy groups -OCH3 is 1. The smallest absolute Gasteiger partial charge is 0.325 e. The van der Waals surface area contributed by atoms with Gasteiger partial charge in [-0.25, -0.2) is 8.42 Å². The van der Waals surface area contributed by atoms with E-state index in [0.717, 1.165) is 15.8 Å². The second-order valence-corrected chi connectivity index (χ2v) is 11.8. The normalized spacial score (nSPS) is 14.5. The Balaban J connectivity index is 1.44. The fraction of sp³-hybridized carbons (Fsp3) is 0.192. The Labute approximate surface area is 222 Å². The van der Waals surface area contributed by atoms with Crippen LogP contribution in [0.3, 0.4) is 0 Å². The average molecular weight is 556 g/mol. The zero-order valence-electron chi connectivity index (χ0n) is 19.8. The summed E-state index contributed by atoms with van der Waals surface area (Å²) in [5.41, 5.74) is 2.95. The van der Waals surface area contributed by atoms with Gasteiger partial charge in [0.25, 0.3) is 5.91 Å². The Morgan fingerprint density at radius 2 is 1.76 bits per heavy atom. The first kappa shape index (κ1) is 25.3. The van der Waals surface area contributed by atoms with Crippen LogP contribution in [-0.4, -0.2) is 42.8 Å². The summed E-state index contributed by atoms with van der Waals surface area (Å²) in [6.45, 7) is 0.537. The second kappa shape index (κ2) is 10.2. The number of amides is 1. The van der Waals surface area contributed by atoms with Gasteiger partial charge in [-0.1, -0.05) is 53.3 Å². The third kappa shape index (κ3) is 4.97. The third-order valence-corrected chi connectivity index (χ3v) is 9.41. The van der Waals surface area contributed by atoms with Gasteiger partial charge in [-0.3, -0.25) is 9.59 Å². The maximum absolute atomic E-state index is 13.2. The van der Waals surface area contributed by atoms with E-state index in [-0.39, 0.29) is 21.8 Å². The predicted molar refractivity (Wildman–Crippen MR) is 141 cm³/mol. The lowest BCUT2D eigenvalue weighted by Gasteiger charge is -2.28. The summed E-state index contributed by atoms with van der Waals surface area (Å²) in [5, 5.41) is 0.418. The summed E-state index contributed by atoms with van der Waals surface area (Å²) >= 11 is 7.57. The molecule has 0 bridgehead atoms. The fourth-order valence-electron chi connectivity index (χ4n) is 4.26. The van der Waals surface area contributed by atoms with E-state index in [1.807, 2.05) is 30.3 Å². The molecule has 0 N–H and O–H groups in total. The Hall–Kier alpha value is -3.31. The highest BCUT2D eigenvalue weighted by Crippen LogP contribution is 2.27. The number of benzene rings is 3. The largest absolute Gasteiger partial charge is 0.468 e. The fourth-order valence-corrected chi connectivity index (χ4v) is 7.06. The van der Waals surface area contributed by atoms with Gasteiger partial charge >= 0.3 is 5.97 Å². The number of carbonyl (C=O) groups is 2. The van der Waals surface area contributed by atoms with Crippen LogP contribution in [0.2, 0.25) is 5.02 Å². The molecule has 4 aromatic rings. The van der Waals surface area contributed by atoms with Gasteiger partial charge in [0.2, 0.25) is 10.0 Å². The van der Waals surface area contributed by atoms with Crippen LogP contribution in [-0.2, 0) is 39.1 Å². The topological polar surface area (TPSA) is 98.0 Å². The zero-order valence-corrected chi connectivity index (χ0v) is 22.1. The van der Waals surface area contributed by atoms with Crippen molar-refractivity contribution in [1.82, 2.24) is 8.87 Å². The number of ether oxygens (including phenoxy) is 1. The number of carbonyl (C=O) groups excluding carboxylic acids is 2. The van der Waals surface area contributed by atoms with Crippen LogP contribution in [0.15, 0.2) is 76.6 Å². The number of fused-ring (bicyclic) bond motifs is 2. The number of halogens is 1. The summed E-state index contributed by atoms with van der Waals surface area (Å²) < 4.78 is 35.0. The van der Waals surface area contributed by atoms with Gasteiger partial charge in [0.05, 0.1) is 27.2 Å². The molecule has 190 valence electrons. The molecule has 0 unspecified atom stereocenters.